The predicted octanol–water partition coefficient (Wildman–Crippen LogP) is 3.30. The molecule has 2 aromatic rings. The molecular formula is C21H28BrN3O4S. The summed E-state index contributed by atoms with van der Waals surface area (Å²) in [5.74, 6) is 1.17. The summed E-state index contributed by atoms with van der Waals surface area (Å²) in [4.78, 5) is 6.47. The molecule has 0 saturated carbocycles. The number of aromatic nitrogens is 1. The minimum Gasteiger partial charge on any atom is -0.497 e. The van der Waals surface area contributed by atoms with Crippen molar-refractivity contribution in [2.24, 2.45) is 0 Å². The highest BCUT2D eigenvalue weighted by Crippen LogP contribution is 2.26. The van der Waals surface area contributed by atoms with Gasteiger partial charge in [-0.1, -0.05) is 15.9 Å². The van der Waals surface area contributed by atoms with E-state index in [1.165, 1.54) is 0 Å². The minimum absolute atomic E-state index is 0.104. The van der Waals surface area contributed by atoms with E-state index in [9.17, 15) is 8.42 Å². The first kappa shape index (κ1) is 23.0. The Hall–Kier alpha value is -1.68. The molecule has 30 heavy (non-hydrogen) atoms. The van der Waals surface area contributed by atoms with Gasteiger partial charge in [-0.15, -0.1) is 0 Å². The van der Waals surface area contributed by atoms with Crippen molar-refractivity contribution in [2.75, 3.05) is 38.8 Å². The number of aryl methyl sites for hydroxylation is 1. The molecular weight excluding hydrogens is 470 g/mol. The smallest absolute Gasteiger partial charge is 0.244 e. The number of rotatable bonds is 9. The number of halogens is 1. The number of ether oxygens (including phenoxy) is 2. The monoisotopic (exact) mass is 497 g/mol. The maximum atomic E-state index is 13.1. The van der Waals surface area contributed by atoms with Gasteiger partial charge in [-0.2, -0.15) is 0 Å². The molecule has 3 rings (SSSR count). The lowest BCUT2D eigenvalue weighted by Gasteiger charge is -2.24. The quantitative estimate of drug-likeness (QED) is 0.572. The number of hydrogen-bond acceptors (Lipinski definition) is 6. The lowest BCUT2D eigenvalue weighted by molar-refractivity contribution is 0.116. The van der Waals surface area contributed by atoms with Gasteiger partial charge in [0.25, 0.3) is 0 Å². The number of benzene rings is 1. The van der Waals surface area contributed by atoms with Gasteiger partial charge in [0.05, 0.1) is 13.2 Å². The zero-order valence-electron chi connectivity index (χ0n) is 17.5. The number of nitrogens with zero attached hydrogens (tertiary/aromatic N) is 2. The molecule has 0 bridgehead atoms. The highest BCUT2D eigenvalue weighted by atomic mass is 79.9. The van der Waals surface area contributed by atoms with Gasteiger partial charge in [-0.25, -0.2) is 18.1 Å². The average Bonchev–Trinajstić information content (AvgIpc) is 3.22. The third kappa shape index (κ3) is 5.72. The highest BCUT2D eigenvalue weighted by molar-refractivity contribution is 9.10. The van der Waals surface area contributed by atoms with Gasteiger partial charge in [0.2, 0.25) is 10.0 Å². The van der Waals surface area contributed by atoms with Crippen LogP contribution < -0.4 is 14.4 Å². The van der Waals surface area contributed by atoms with Gasteiger partial charge in [0.15, 0.2) is 0 Å². The van der Waals surface area contributed by atoms with E-state index in [-0.39, 0.29) is 17.5 Å². The lowest BCUT2D eigenvalue weighted by atomic mass is 10.1. The third-order valence-corrected chi connectivity index (χ3v) is 7.30. The maximum Gasteiger partial charge on any atom is 0.244 e. The zero-order valence-corrected chi connectivity index (χ0v) is 19.9. The first-order valence-electron chi connectivity index (χ1n) is 9.91. The molecule has 9 heteroatoms. The van der Waals surface area contributed by atoms with E-state index < -0.39 is 10.0 Å². The molecule has 0 aliphatic carbocycles. The first-order chi connectivity index (χ1) is 14.3. The minimum atomic E-state index is -3.73. The van der Waals surface area contributed by atoms with Gasteiger partial charge in [0.1, 0.15) is 16.5 Å². The number of hydrogen-bond donors (Lipinski definition) is 1. The number of methoxy groups -OCH3 is 1. The first-order valence-corrected chi connectivity index (χ1v) is 12.2. The fourth-order valence-electron chi connectivity index (χ4n) is 3.47. The molecule has 1 saturated heterocycles. The number of anilines is 1. The van der Waals surface area contributed by atoms with Crippen LogP contribution in [-0.4, -0.2) is 53.4 Å². The van der Waals surface area contributed by atoms with Crippen molar-refractivity contribution in [2.45, 2.75) is 37.2 Å². The standard InChI is InChI=1S/C21H28BrN3O4S/c1-15-11-20(21(23-13-15)25(2)14-18-5-4-10-29-18)30(26,27)24-9-8-16-12-17(28-3)6-7-19(16)22/h6-7,11-13,18,24H,4-5,8-10,14H2,1-3H3. The second-order valence-electron chi connectivity index (χ2n) is 7.46. The summed E-state index contributed by atoms with van der Waals surface area (Å²) in [5, 5.41) is 0. The SMILES string of the molecule is COc1ccc(Br)c(CCNS(=O)(=O)c2cc(C)cnc2N(C)CC2CCCO2)c1. The number of sulfonamides is 1. The van der Waals surface area contributed by atoms with E-state index in [0.29, 0.717) is 18.8 Å². The molecule has 1 aliphatic rings. The highest BCUT2D eigenvalue weighted by Gasteiger charge is 2.25. The van der Waals surface area contributed by atoms with Gasteiger partial charge < -0.3 is 14.4 Å². The largest absolute Gasteiger partial charge is 0.497 e. The molecule has 1 aliphatic heterocycles. The van der Waals surface area contributed by atoms with Crippen LogP contribution >= 0.6 is 15.9 Å². The Balaban J connectivity index is 1.74. The van der Waals surface area contributed by atoms with Crippen LogP contribution in [0.15, 0.2) is 39.8 Å². The molecule has 1 aromatic carbocycles. The molecule has 1 N–H and O–H groups in total. The van der Waals surface area contributed by atoms with Gasteiger partial charge in [0, 0.05) is 37.4 Å². The van der Waals surface area contributed by atoms with E-state index in [1.807, 2.05) is 37.1 Å². The Morgan fingerprint density at radius 3 is 2.87 bits per heavy atom. The predicted molar refractivity (Wildman–Crippen MR) is 121 cm³/mol. The lowest BCUT2D eigenvalue weighted by Crippen LogP contribution is -2.33. The molecule has 1 aromatic heterocycles. The fourth-order valence-corrected chi connectivity index (χ4v) is 5.23. The Kier molecular flexibility index (Phi) is 7.73. The van der Waals surface area contributed by atoms with Crippen molar-refractivity contribution in [3.8, 4) is 5.75 Å². The van der Waals surface area contributed by atoms with Crippen LogP contribution in [0.5, 0.6) is 5.75 Å². The van der Waals surface area contributed by atoms with Crippen molar-refractivity contribution in [3.05, 3.63) is 46.1 Å². The Labute approximate surface area is 187 Å². The van der Waals surface area contributed by atoms with Gasteiger partial charge in [-0.05, 0) is 61.6 Å². The molecule has 1 atom stereocenters. The van der Waals surface area contributed by atoms with E-state index >= 15 is 0 Å². The summed E-state index contributed by atoms with van der Waals surface area (Å²) in [5.41, 5.74) is 1.76. The van der Waals surface area contributed by atoms with Crippen LogP contribution in [0.2, 0.25) is 0 Å². The van der Waals surface area contributed by atoms with E-state index in [2.05, 4.69) is 25.6 Å². The number of nitrogens with one attached hydrogen (secondary N) is 1. The molecule has 0 radical (unpaired) electrons. The molecule has 7 nitrogen and oxygen atoms in total. The maximum absolute atomic E-state index is 13.1. The van der Waals surface area contributed by atoms with Crippen molar-refractivity contribution in [1.82, 2.24) is 9.71 Å². The van der Waals surface area contributed by atoms with Crippen LogP contribution in [0.1, 0.15) is 24.0 Å². The molecule has 1 fully saturated rings. The number of likely N-dealkylation sites (N-methyl/N-ethyl adjacent to an activating group) is 1. The Bertz CT molecular complexity index is 978. The van der Waals surface area contributed by atoms with Crippen molar-refractivity contribution in [1.29, 1.82) is 0 Å². The molecule has 0 spiro atoms. The second kappa shape index (κ2) is 10.1. The summed E-state index contributed by atoms with van der Waals surface area (Å²) >= 11 is 3.51. The summed E-state index contributed by atoms with van der Waals surface area (Å²) in [6.07, 6.45) is 4.33. The van der Waals surface area contributed by atoms with Crippen LogP contribution in [-0.2, 0) is 21.2 Å². The van der Waals surface area contributed by atoms with Crippen LogP contribution in [0.25, 0.3) is 0 Å². The van der Waals surface area contributed by atoms with E-state index in [4.69, 9.17) is 9.47 Å². The van der Waals surface area contributed by atoms with E-state index in [0.717, 1.165) is 40.8 Å². The summed E-state index contributed by atoms with van der Waals surface area (Å²) in [6.45, 7) is 3.46. The van der Waals surface area contributed by atoms with Gasteiger partial charge >= 0.3 is 0 Å². The van der Waals surface area contributed by atoms with Crippen molar-refractivity contribution >= 4 is 31.8 Å². The van der Waals surface area contributed by atoms with E-state index in [1.54, 1.807) is 19.4 Å². The molecule has 2 heterocycles. The fraction of sp³-hybridized carbons (Fsp3) is 0.476. The Morgan fingerprint density at radius 1 is 1.37 bits per heavy atom. The molecule has 1 unspecified atom stereocenters. The van der Waals surface area contributed by atoms with Crippen LogP contribution in [0.3, 0.4) is 0 Å². The normalized spacial score (nSPS) is 16.6. The molecule has 164 valence electrons. The summed E-state index contributed by atoms with van der Waals surface area (Å²) in [6, 6.07) is 7.31. The van der Waals surface area contributed by atoms with Crippen molar-refractivity contribution in [3.63, 3.8) is 0 Å². The van der Waals surface area contributed by atoms with Crippen LogP contribution in [0.4, 0.5) is 5.82 Å². The van der Waals surface area contributed by atoms with Gasteiger partial charge in [-0.3, -0.25) is 0 Å². The topological polar surface area (TPSA) is 80.8 Å². The summed E-state index contributed by atoms with van der Waals surface area (Å²) in [7, 11) is -0.273. The average molecular weight is 498 g/mol. The summed E-state index contributed by atoms with van der Waals surface area (Å²) < 4.78 is 40.8. The molecule has 0 amide bonds. The Morgan fingerprint density at radius 2 is 2.17 bits per heavy atom. The second-order valence-corrected chi connectivity index (χ2v) is 10.0. The number of pyridine rings is 1. The van der Waals surface area contributed by atoms with Crippen LogP contribution in [0, 0.1) is 6.92 Å². The van der Waals surface area contributed by atoms with Crippen molar-refractivity contribution < 1.29 is 17.9 Å². The zero-order chi connectivity index (χ0) is 21.7. The third-order valence-electron chi connectivity index (χ3n) is 5.06.